The summed E-state index contributed by atoms with van der Waals surface area (Å²) in [5.41, 5.74) is 2.66. The van der Waals surface area contributed by atoms with Crippen LogP contribution in [-0.4, -0.2) is 39.2 Å². The monoisotopic (exact) mass is 385 g/mol. The topological polar surface area (TPSA) is 64.7 Å². The number of ether oxygens (including phenoxy) is 1. The first-order valence-electron chi connectivity index (χ1n) is 9.77. The zero-order valence-electron chi connectivity index (χ0n) is 16.2. The molecule has 4 heterocycles. The van der Waals surface area contributed by atoms with Crippen molar-refractivity contribution in [3.63, 3.8) is 0 Å². The summed E-state index contributed by atoms with van der Waals surface area (Å²) < 4.78 is 7.70. The average molecular weight is 385 g/mol. The van der Waals surface area contributed by atoms with Crippen LogP contribution in [-0.2, 0) is 11.2 Å². The molecule has 4 rings (SSSR count). The van der Waals surface area contributed by atoms with E-state index in [4.69, 9.17) is 9.84 Å². The van der Waals surface area contributed by atoms with Crippen LogP contribution in [0.2, 0.25) is 0 Å². The Labute approximate surface area is 170 Å². The molecule has 146 valence electrons. The highest BCUT2D eigenvalue weighted by atomic mass is 16.5. The third-order valence-corrected chi connectivity index (χ3v) is 4.49. The van der Waals surface area contributed by atoms with Crippen molar-refractivity contribution in [2.45, 2.75) is 19.3 Å². The minimum Gasteiger partial charge on any atom is -0.488 e. The normalized spacial score (nSPS) is 24.1. The van der Waals surface area contributed by atoms with Gasteiger partial charge in [0.1, 0.15) is 18.1 Å². The molecule has 0 saturated heterocycles. The van der Waals surface area contributed by atoms with Gasteiger partial charge in [-0.25, -0.2) is 0 Å². The predicted molar refractivity (Wildman–Crippen MR) is 116 cm³/mol. The fourth-order valence-corrected chi connectivity index (χ4v) is 3.04. The van der Waals surface area contributed by atoms with Crippen molar-refractivity contribution in [3.8, 4) is 0 Å². The molecule has 2 aliphatic heterocycles. The smallest absolute Gasteiger partial charge is 0.177 e. The van der Waals surface area contributed by atoms with E-state index >= 15 is 0 Å². The minimum atomic E-state index is 0.513. The fraction of sp³-hybridized carbons (Fsp3) is 0.217. The van der Waals surface area contributed by atoms with Crippen LogP contribution in [0.25, 0.3) is 11.4 Å². The quantitative estimate of drug-likeness (QED) is 0.799. The Morgan fingerprint density at radius 2 is 1.83 bits per heavy atom. The van der Waals surface area contributed by atoms with Gasteiger partial charge >= 0.3 is 0 Å². The molecule has 0 aliphatic carbocycles. The van der Waals surface area contributed by atoms with E-state index < -0.39 is 0 Å². The number of aliphatic imine (C=N–C) groups is 1. The first kappa shape index (κ1) is 18.8. The van der Waals surface area contributed by atoms with Crippen molar-refractivity contribution < 1.29 is 4.74 Å². The Balaban J connectivity index is 1.61. The molecule has 0 saturated carbocycles. The molecule has 0 radical (unpaired) electrons. The number of hydrogen-bond donors (Lipinski definition) is 0. The van der Waals surface area contributed by atoms with Crippen LogP contribution in [0.15, 0.2) is 83.5 Å². The molecule has 0 bridgehead atoms. The number of rotatable bonds is 3. The summed E-state index contributed by atoms with van der Waals surface area (Å²) >= 11 is 0. The van der Waals surface area contributed by atoms with E-state index in [2.05, 4.69) is 45.6 Å². The van der Waals surface area contributed by atoms with Crippen LogP contribution in [0.4, 0.5) is 0 Å². The minimum absolute atomic E-state index is 0.513. The molecule has 0 fully saturated rings. The van der Waals surface area contributed by atoms with Gasteiger partial charge in [-0.05, 0) is 48.8 Å². The molecule has 0 unspecified atom stereocenters. The van der Waals surface area contributed by atoms with Crippen molar-refractivity contribution >= 4 is 17.6 Å². The molecule has 6 heteroatoms. The molecule has 0 spiro atoms. The van der Waals surface area contributed by atoms with Crippen LogP contribution in [0.1, 0.15) is 24.4 Å². The Morgan fingerprint density at radius 3 is 2.83 bits per heavy atom. The first-order valence-corrected chi connectivity index (χ1v) is 9.77. The maximum absolute atomic E-state index is 5.89. The lowest BCUT2D eigenvalue weighted by Gasteiger charge is -2.09. The summed E-state index contributed by atoms with van der Waals surface area (Å²) in [4.78, 5) is 4.30. The fourth-order valence-electron chi connectivity index (χ4n) is 3.04. The molecular formula is C23H23N5O. The number of fused-ring (bicyclic) bond motifs is 1. The number of nitrogens with zero attached hydrogens (tertiary/aromatic N) is 5. The van der Waals surface area contributed by atoms with Crippen molar-refractivity contribution in [3.05, 3.63) is 90.0 Å². The SMILES string of the molecule is C1=CC/C=C(Cc2nnc3ccc(/C4=C/C/C=C\C=C/CO4)nn23)\C=C/CN=C1. The first-order chi connectivity index (χ1) is 14.4. The van der Waals surface area contributed by atoms with Crippen molar-refractivity contribution in [1.82, 2.24) is 19.8 Å². The maximum Gasteiger partial charge on any atom is 0.177 e. The van der Waals surface area contributed by atoms with E-state index in [1.807, 2.05) is 48.7 Å². The second kappa shape index (κ2) is 9.59. The van der Waals surface area contributed by atoms with E-state index in [1.54, 1.807) is 4.52 Å². The van der Waals surface area contributed by atoms with Gasteiger partial charge < -0.3 is 4.74 Å². The van der Waals surface area contributed by atoms with Crippen molar-refractivity contribution in [2.75, 3.05) is 13.2 Å². The number of aromatic nitrogens is 4. The summed E-state index contributed by atoms with van der Waals surface area (Å²) in [7, 11) is 0. The van der Waals surface area contributed by atoms with Gasteiger partial charge in [0.15, 0.2) is 11.5 Å². The van der Waals surface area contributed by atoms with Crippen LogP contribution >= 0.6 is 0 Å². The van der Waals surface area contributed by atoms with E-state index in [0.717, 1.165) is 35.8 Å². The molecule has 2 aliphatic rings. The van der Waals surface area contributed by atoms with Gasteiger partial charge in [0, 0.05) is 12.6 Å². The summed E-state index contributed by atoms with van der Waals surface area (Å²) in [6.45, 7) is 1.18. The highest BCUT2D eigenvalue weighted by Gasteiger charge is 2.12. The van der Waals surface area contributed by atoms with Gasteiger partial charge in [-0.2, -0.15) is 9.61 Å². The van der Waals surface area contributed by atoms with Gasteiger partial charge in [0.25, 0.3) is 0 Å². The van der Waals surface area contributed by atoms with Crippen LogP contribution in [0.3, 0.4) is 0 Å². The second-order valence-corrected chi connectivity index (χ2v) is 6.61. The second-order valence-electron chi connectivity index (χ2n) is 6.61. The Hall–Kier alpha value is -3.54. The third-order valence-electron chi connectivity index (χ3n) is 4.49. The van der Waals surface area contributed by atoms with Crippen molar-refractivity contribution in [2.24, 2.45) is 4.99 Å². The molecule has 29 heavy (non-hydrogen) atoms. The lowest BCUT2D eigenvalue weighted by atomic mass is 10.1. The van der Waals surface area contributed by atoms with Gasteiger partial charge in [-0.3, -0.25) is 4.99 Å². The summed E-state index contributed by atoms with van der Waals surface area (Å²) in [5, 5.41) is 13.4. The largest absolute Gasteiger partial charge is 0.488 e. The van der Waals surface area contributed by atoms with E-state index in [-0.39, 0.29) is 0 Å². The zero-order chi connectivity index (χ0) is 19.7. The highest BCUT2D eigenvalue weighted by molar-refractivity contribution is 5.71. The van der Waals surface area contributed by atoms with Gasteiger partial charge in [-0.15, -0.1) is 10.2 Å². The average Bonchev–Trinajstić information content (AvgIpc) is 3.20. The molecule has 0 amide bonds. The van der Waals surface area contributed by atoms with E-state index in [0.29, 0.717) is 19.6 Å². The summed E-state index contributed by atoms with van der Waals surface area (Å²) in [6, 6.07) is 3.85. The van der Waals surface area contributed by atoms with Crippen molar-refractivity contribution in [1.29, 1.82) is 0 Å². The van der Waals surface area contributed by atoms with Gasteiger partial charge in [0.05, 0.1) is 6.54 Å². The van der Waals surface area contributed by atoms with Crippen LogP contribution in [0.5, 0.6) is 0 Å². The van der Waals surface area contributed by atoms with E-state index in [9.17, 15) is 0 Å². The molecule has 2 aromatic rings. The Morgan fingerprint density at radius 1 is 0.931 bits per heavy atom. The molecule has 2 aromatic heterocycles. The highest BCUT2D eigenvalue weighted by Crippen LogP contribution is 2.18. The third kappa shape index (κ3) is 5.04. The van der Waals surface area contributed by atoms with Crippen LogP contribution in [0, 0.1) is 0 Å². The number of allylic oxidation sites excluding steroid dienone is 9. The molecule has 0 aromatic carbocycles. The molecule has 0 atom stereocenters. The molecule has 0 N–H and O–H groups in total. The van der Waals surface area contributed by atoms with Gasteiger partial charge in [-0.1, -0.05) is 42.5 Å². The molecule has 6 nitrogen and oxygen atoms in total. The lowest BCUT2D eigenvalue weighted by Crippen LogP contribution is -2.04. The Kier molecular flexibility index (Phi) is 6.22. The van der Waals surface area contributed by atoms with Gasteiger partial charge in [0.2, 0.25) is 0 Å². The molecular weight excluding hydrogens is 362 g/mol. The Bertz CT molecular complexity index is 1070. The lowest BCUT2D eigenvalue weighted by molar-refractivity contribution is 0.317. The standard InChI is InChI=1S/C23H23N5O/c1-2-6-12-21(29-17-8-3-1)20-13-14-22-25-26-23(28(22)27-20)18-19-10-5-4-7-15-24-16-9-11-19/h1-4,7-15H,5-6,16-18H2/b2-1-,7-4?,8-3-,11-9-,19-10+,21-12-,24-15?. The summed E-state index contributed by atoms with van der Waals surface area (Å²) in [6.07, 6.45) is 24.7. The maximum atomic E-state index is 5.89. The summed E-state index contributed by atoms with van der Waals surface area (Å²) in [5.74, 6) is 1.56. The predicted octanol–water partition coefficient (Wildman–Crippen LogP) is 4.05. The zero-order valence-corrected chi connectivity index (χ0v) is 16.2. The van der Waals surface area contributed by atoms with E-state index in [1.165, 1.54) is 5.57 Å². The number of hydrogen-bond acceptors (Lipinski definition) is 5. The van der Waals surface area contributed by atoms with Crippen LogP contribution < -0.4 is 0 Å².